The zero-order valence-corrected chi connectivity index (χ0v) is 8.88. The number of carbonyl (C=O) groups excluding carboxylic acids is 1. The van der Waals surface area contributed by atoms with Crippen molar-refractivity contribution in [1.29, 1.82) is 0 Å². The van der Waals surface area contributed by atoms with Crippen molar-refractivity contribution in [1.82, 2.24) is 5.32 Å². The first kappa shape index (κ1) is 11.5. The molecule has 1 unspecified atom stereocenters. The summed E-state index contributed by atoms with van der Waals surface area (Å²) in [4.78, 5) is 11.7. The first-order valence-electron chi connectivity index (χ1n) is 5.05. The summed E-state index contributed by atoms with van der Waals surface area (Å²) in [7, 11) is 1.64. The minimum absolute atomic E-state index is 0.00784. The number of carbonyl (C=O) groups is 1. The maximum atomic E-state index is 11.7. The topological polar surface area (TPSA) is 58.6 Å². The summed E-state index contributed by atoms with van der Waals surface area (Å²) in [6.45, 7) is 2.41. The Kier molecular flexibility index (Phi) is 3.89. The van der Waals surface area contributed by atoms with Crippen LogP contribution in [-0.2, 0) is 9.53 Å². The molecule has 1 rings (SSSR count). The summed E-state index contributed by atoms with van der Waals surface area (Å²) in [5.74, 6) is 0.0658. The fraction of sp³-hybridized carbons (Fsp3) is 0.900. The second kappa shape index (κ2) is 4.75. The highest BCUT2D eigenvalue weighted by molar-refractivity contribution is 5.85. The van der Waals surface area contributed by atoms with Gasteiger partial charge in [0.2, 0.25) is 5.91 Å². The molecule has 4 nitrogen and oxygen atoms in total. The Morgan fingerprint density at radius 1 is 1.64 bits per heavy atom. The van der Waals surface area contributed by atoms with Crippen LogP contribution in [0.15, 0.2) is 0 Å². The van der Waals surface area contributed by atoms with Crippen molar-refractivity contribution >= 4 is 5.91 Å². The molecule has 0 aliphatic heterocycles. The molecule has 0 aromatic rings. The number of ether oxygens (including phenoxy) is 1. The highest BCUT2D eigenvalue weighted by Gasteiger charge is 2.49. The molecule has 1 saturated carbocycles. The Balaban J connectivity index is 2.35. The zero-order valence-electron chi connectivity index (χ0n) is 8.88. The number of amides is 1. The van der Waals surface area contributed by atoms with Gasteiger partial charge in [-0.3, -0.25) is 4.79 Å². The second-order valence-electron chi connectivity index (χ2n) is 4.08. The second-order valence-corrected chi connectivity index (χ2v) is 4.08. The summed E-state index contributed by atoms with van der Waals surface area (Å²) in [6.07, 6.45) is 2.67. The van der Waals surface area contributed by atoms with Gasteiger partial charge in [0.05, 0.1) is 12.0 Å². The SMILES string of the molecule is COCCC1(C(=O)NC(C)CO)CC1. The van der Waals surface area contributed by atoms with Crippen LogP contribution in [0.2, 0.25) is 0 Å². The molecule has 0 saturated heterocycles. The zero-order chi connectivity index (χ0) is 10.6. The Morgan fingerprint density at radius 2 is 2.29 bits per heavy atom. The van der Waals surface area contributed by atoms with Gasteiger partial charge in [0.25, 0.3) is 0 Å². The van der Waals surface area contributed by atoms with Crippen LogP contribution in [0.3, 0.4) is 0 Å². The monoisotopic (exact) mass is 201 g/mol. The summed E-state index contributed by atoms with van der Waals surface area (Å²) >= 11 is 0. The van der Waals surface area contributed by atoms with Gasteiger partial charge in [-0.15, -0.1) is 0 Å². The van der Waals surface area contributed by atoms with Gasteiger partial charge in [-0.05, 0) is 26.2 Å². The van der Waals surface area contributed by atoms with Crippen LogP contribution in [0.1, 0.15) is 26.2 Å². The standard InChI is InChI=1S/C10H19NO3/c1-8(7-12)11-9(13)10(3-4-10)5-6-14-2/h8,12H,3-7H2,1-2H3,(H,11,13). The van der Waals surface area contributed by atoms with Crippen LogP contribution in [0.4, 0.5) is 0 Å². The maximum absolute atomic E-state index is 11.7. The van der Waals surface area contributed by atoms with Crippen LogP contribution in [0, 0.1) is 5.41 Å². The molecule has 0 heterocycles. The fourth-order valence-corrected chi connectivity index (χ4v) is 1.46. The smallest absolute Gasteiger partial charge is 0.226 e. The molecule has 0 bridgehead atoms. The molecule has 1 aliphatic carbocycles. The molecule has 1 amide bonds. The van der Waals surface area contributed by atoms with E-state index in [-0.39, 0.29) is 24.0 Å². The van der Waals surface area contributed by atoms with Crippen molar-refractivity contribution in [3.63, 3.8) is 0 Å². The van der Waals surface area contributed by atoms with Gasteiger partial charge >= 0.3 is 0 Å². The number of methoxy groups -OCH3 is 1. The lowest BCUT2D eigenvalue weighted by molar-refractivity contribution is -0.127. The van der Waals surface area contributed by atoms with Gasteiger partial charge in [0.15, 0.2) is 0 Å². The maximum Gasteiger partial charge on any atom is 0.226 e. The summed E-state index contributed by atoms with van der Waals surface area (Å²) in [6, 6.07) is -0.150. The lowest BCUT2D eigenvalue weighted by Crippen LogP contribution is -2.40. The van der Waals surface area contributed by atoms with Crippen molar-refractivity contribution < 1.29 is 14.6 Å². The molecular weight excluding hydrogens is 182 g/mol. The van der Waals surface area contributed by atoms with Crippen LogP contribution < -0.4 is 5.32 Å². The number of hydrogen-bond donors (Lipinski definition) is 2. The molecule has 1 aliphatic rings. The number of aliphatic hydroxyl groups excluding tert-OH is 1. The van der Waals surface area contributed by atoms with Crippen LogP contribution in [-0.4, -0.2) is 37.4 Å². The molecular formula is C10H19NO3. The molecule has 0 spiro atoms. The molecule has 1 atom stereocenters. The fourth-order valence-electron chi connectivity index (χ4n) is 1.46. The van der Waals surface area contributed by atoms with Gasteiger partial charge in [0.1, 0.15) is 0 Å². The number of rotatable bonds is 6. The van der Waals surface area contributed by atoms with E-state index in [2.05, 4.69) is 5.32 Å². The van der Waals surface area contributed by atoms with E-state index >= 15 is 0 Å². The first-order chi connectivity index (χ1) is 6.64. The van der Waals surface area contributed by atoms with E-state index in [1.165, 1.54) is 0 Å². The van der Waals surface area contributed by atoms with Crippen LogP contribution in [0.5, 0.6) is 0 Å². The molecule has 0 aromatic heterocycles. The minimum Gasteiger partial charge on any atom is -0.394 e. The highest BCUT2D eigenvalue weighted by atomic mass is 16.5. The van der Waals surface area contributed by atoms with Crippen molar-refractivity contribution in [3.8, 4) is 0 Å². The minimum atomic E-state index is -0.195. The third kappa shape index (κ3) is 2.69. The average Bonchev–Trinajstić information content (AvgIpc) is 2.95. The van der Waals surface area contributed by atoms with E-state index in [9.17, 15) is 4.79 Å². The number of aliphatic hydroxyl groups is 1. The van der Waals surface area contributed by atoms with E-state index in [0.717, 1.165) is 19.3 Å². The largest absolute Gasteiger partial charge is 0.394 e. The lowest BCUT2D eigenvalue weighted by Gasteiger charge is -2.17. The van der Waals surface area contributed by atoms with Crippen LogP contribution in [0.25, 0.3) is 0 Å². The molecule has 0 radical (unpaired) electrons. The van der Waals surface area contributed by atoms with E-state index in [0.29, 0.717) is 6.61 Å². The van der Waals surface area contributed by atoms with Gasteiger partial charge in [-0.1, -0.05) is 0 Å². The van der Waals surface area contributed by atoms with Crippen molar-refractivity contribution in [2.75, 3.05) is 20.3 Å². The lowest BCUT2D eigenvalue weighted by atomic mass is 10.0. The summed E-state index contributed by atoms with van der Waals surface area (Å²) in [5, 5.41) is 11.6. The predicted octanol–water partition coefficient (Wildman–Crippen LogP) is 0.300. The average molecular weight is 201 g/mol. The third-order valence-corrected chi connectivity index (χ3v) is 2.77. The summed E-state index contributed by atoms with van der Waals surface area (Å²) < 4.78 is 4.97. The van der Waals surface area contributed by atoms with Gasteiger partial charge < -0.3 is 15.2 Å². The van der Waals surface area contributed by atoms with Crippen molar-refractivity contribution in [2.45, 2.75) is 32.2 Å². The Hall–Kier alpha value is -0.610. The highest BCUT2D eigenvalue weighted by Crippen LogP contribution is 2.48. The molecule has 4 heteroatoms. The van der Waals surface area contributed by atoms with E-state index in [1.807, 2.05) is 0 Å². The Morgan fingerprint density at radius 3 is 2.71 bits per heavy atom. The van der Waals surface area contributed by atoms with Crippen LogP contribution >= 0.6 is 0 Å². The molecule has 82 valence electrons. The quantitative estimate of drug-likeness (QED) is 0.650. The molecule has 0 aromatic carbocycles. The van der Waals surface area contributed by atoms with E-state index in [1.54, 1.807) is 14.0 Å². The Bertz CT molecular complexity index is 202. The van der Waals surface area contributed by atoms with Crippen molar-refractivity contribution in [2.24, 2.45) is 5.41 Å². The number of nitrogens with one attached hydrogen (secondary N) is 1. The number of hydrogen-bond acceptors (Lipinski definition) is 3. The summed E-state index contributed by atoms with van der Waals surface area (Å²) in [5.41, 5.74) is -0.195. The van der Waals surface area contributed by atoms with Crippen molar-refractivity contribution in [3.05, 3.63) is 0 Å². The predicted molar refractivity (Wildman–Crippen MR) is 52.9 cm³/mol. The van der Waals surface area contributed by atoms with Gasteiger partial charge in [-0.2, -0.15) is 0 Å². The normalized spacial score (nSPS) is 20.2. The Labute approximate surface area is 84.6 Å². The van der Waals surface area contributed by atoms with Gasteiger partial charge in [0, 0.05) is 19.8 Å². The molecule has 14 heavy (non-hydrogen) atoms. The van der Waals surface area contributed by atoms with Gasteiger partial charge in [-0.25, -0.2) is 0 Å². The molecule has 1 fully saturated rings. The third-order valence-electron chi connectivity index (χ3n) is 2.77. The first-order valence-corrected chi connectivity index (χ1v) is 5.05. The van der Waals surface area contributed by atoms with E-state index < -0.39 is 0 Å². The molecule has 2 N–H and O–H groups in total. The van der Waals surface area contributed by atoms with E-state index in [4.69, 9.17) is 9.84 Å².